The van der Waals surface area contributed by atoms with Crippen LogP contribution in [0.2, 0.25) is 0 Å². The van der Waals surface area contributed by atoms with Crippen LogP contribution < -0.4 is 5.69 Å². The molecule has 2 heterocycles. The SMILES string of the molecule is Cc1cccc2scc(Cn3c(=O)n(CCC(=O)O)c4c(Br)cccc43)c12. The van der Waals surface area contributed by atoms with Gasteiger partial charge in [0.15, 0.2) is 0 Å². The second-order valence-electron chi connectivity index (χ2n) is 6.48. The van der Waals surface area contributed by atoms with Gasteiger partial charge in [0, 0.05) is 21.1 Å². The van der Waals surface area contributed by atoms with Gasteiger partial charge in [0.25, 0.3) is 0 Å². The molecule has 0 saturated carbocycles. The van der Waals surface area contributed by atoms with Crippen molar-refractivity contribution >= 4 is 54.4 Å². The van der Waals surface area contributed by atoms with E-state index in [0.29, 0.717) is 6.54 Å². The van der Waals surface area contributed by atoms with Crippen molar-refractivity contribution in [2.75, 3.05) is 0 Å². The van der Waals surface area contributed by atoms with Gasteiger partial charge in [-0.05, 0) is 57.6 Å². The second kappa shape index (κ2) is 6.98. The van der Waals surface area contributed by atoms with Crippen LogP contribution in [0.5, 0.6) is 0 Å². The zero-order valence-electron chi connectivity index (χ0n) is 14.6. The summed E-state index contributed by atoms with van der Waals surface area (Å²) in [6.07, 6.45) is -0.0964. The van der Waals surface area contributed by atoms with Crippen molar-refractivity contribution in [3.05, 3.63) is 67.9 Å². The van der Waals surface area contributed by atoms with Gasteiger partial charge in [-0.25, -0.2) is 4.79 Å². The van der Waals surface area contributed by atoms with E-state index in [0.717, 1.165) is 21.1 Å². The van der Waals surface area contributed by atoms with Gasteiger partial charge in [0.05, 0.1) is 24.0 Å². The highest BCUT2D eigenvalue weighted by Crippen LogP contribution is 2.30. The molecule has 0 aliphatic carbocycles. The lowest BCUT2D eigenvalue weighted by atomic mass is 10.1. The predicted molar refractivity (Wildman–Crippen MR) is 112 cm³/mol. The summed E-state index contributed by atoms with van der Waals surface area (Å²) >= 11 is 5.19. The molecule has 1 N–H and O–H groups in total. The minimum atomic E-state index is -0.922. The average Bonchev–Trinajstić information content (AvgIpc) is 3.15. The van der Waals surface area contributed by atoms with Crippen molar-refractivity contribution in [2.24, 2.45) is 0 Å². The number of imidazole rings is 1. The molecule has 7 heteroatoms. The van der Waals surface area contributed by atoms with E-state index >= 15 is 0 Å². The van der Waals surface area contributed by atoms with Crippen LogP contribution in [-0.2, 0) is 17.9 Å². The van der Waals surface area contributed by atoms with Crippen LogP contribution in [0.1, 0.15) is 17.5 Å². The first-order valence-electron chi connectivity index (χ1n) is 8.52. The zero-order valence-corrected chi connectivity index (χ0v) is 17.0. The zero-order chi connectivity index (χ0) is 19.1. The Kier molecular flexibility index (Phi) is 4.65. The number of carboxylic acid groups (broad SMARTS) is 1. The summed E-state index contributed by atoms with van der Waals surface area (Å²) in [6, 6.07) is 11.9. The van der Waals surface area contributed by atoms with Gasteiger partial charge in [-0.3, -0.25) is 13.9 Å². The third-order valence-corrected chi connectivity index (χ3v) is 6.39. The molecule has 27 heavy (non-hydrogen) atoms. The Bertz CT molecular complexity index is 1240. The predicted octanol–water partition coefficient (Wildman–Crippen LogP) is 4.61. The number of benzene rings is 2. The molecule has 0 bridgehead atoms. The van der Waals surface area contributed by atoms with Gasteiger partial charge >= 0.3 is 11.7 Å². The lowest BCUT2D eigenvalue weighted by Crippen LogP contribution is -2.25. The van der Waals surface area contributed by atoms with E-state index in [4.69, 9.17) is 5.11 Å². The number of halogens is 1. The maximum Gasteiger partial charge on any atom is 0.329 e. The van der Waals surface area contributed by atoms with Crippen LogP contribution in [0.15, 0.2) is 51.0 Å². The number of thiophene rings is 1. The number of carboxylic acids is 1. The van der Waals surface area contributed by atoms with E-state index in [1.807, 2.05) is 24.3 Å². The number of hydrogen-bond donors (Lipinski definition) is 1. The topological polar surface area (TPSA) is 64.2 Å². The average molecular weight is 445 g/mol. The van der Waals surface area contributed by atoms with Crippen LogP contribution >= 0.6 is 27.3 Å². The summed E-state index contributed by atoms with van der Waals surface area (Å²) in [4.78, 5) is 24.1. The number of nitrogens with zero attached hydrogens (tertiary/aromatic N) is 2. The van der Waals surface area contributed by atoms with Gasteiger partial charge < -0.3 is 5.11 Å². The fourth-order valence-corrected chi connectivity index (χ4v) is 5.13. The first-order valence-corrected chi connectivity index (χ1v) is 10.2. The minimum absolute atomic E-state index is 0.0964. The Morgan fingerprint density at radius 2 is 1.96 bits per heavy atom. The van der Waals surface area contributed by atoms with E-state index < -0.39 is 5.97 Å². The van der Waals surface area contributed by atoms with Crippen molar-refractivity contribution in [3.63, 3.8) is 0 Å². The summed E-state index contributed by atoms with van der Waals surface area (Å²) < 4.78 is 5.27. The number of aryl methyl sites for hydroxylation is 2. The Morgan fingerprint density at radius 3 is 2.74 bits per heavy atom. The van der Waals surface area contributed by atoms with Crippen LogP contribution in [-0.4, -0.2) is 20.2 Å². The second-order valence-corrected chi connectivity index (χ2v) is 8.25. The lowest BCUT2D eigenvalue weighted by Gasteiger charge is -2.05. The fraction of sp³-hybridized carbons (Fsp3) is 0.200. The van der Waals surface area contributed by atoms with Crippen LogP contribution in [0, 0.1) is 6.92 Å². The third-order valence-electron chi connectivity index (χ3n) is 4.75. The maximum atomic E-state index is 13.1. The molecule has 0 aliphatic heterocycles. The molecule has 5 nitrogen and oxygen atoms in total. The molecule has 4 rings (SSSR count). The number of aromatic nitrogens is 2. The normalized spacial score (nSPS) is 11.5. The molecule has 2 aromatic heterocycles. The number of fused-ring (bicyclic) bond motifs is 2. The Hall–Kier alpha value is -2.38. The molecule has 0 amide bonds. The van der Waals surface area contributed by atoms with Crippen molar-refractivity contribution in [1.29, 1.82) is 0 Å². The van der Waals surface area contributed by atoms with Gasteiger partial charge in [0.2, 0.25) is 0 Å². The Morgan fingerprint density at radius 1 is 1.19 bits per heavy atom. The molecule has 138 valence electrons. The van der Waals surface area contributed by atoms with Gasteiger partial charge in [-0.15, -0.1) is 11.3 Å². The van der Waals surface area contributed by atoms with Crippen molar-refractivity contribution < 1.29 is 9.90 Å². The fourth-order valence-electron chi connectivity index (χ4n) is 3.53. The van der Waals surface area contributed by atoms with Crippen molar-refractivity contribution in [1.82, 2.24) is 9.13 Å². The molecule has 0 aliphatic rings. The van der Waals surface area contributed by atoms with E-state index in [9.17, 15) is 9.59 Å². The molecule has 0 radical (unpaired) electrons. The Balaban J connectivity index is 1.89. The number of carbonyl (C=O) groups is 1. The summed E-state index contributed by atoms with van der Waals surface area (Å²) in [5.41, 5.74) is 3.64. The summed E-state index contributed by atoms with van der Waals surface area (Å²) in [6.45, 7) is 2.68. The molecule has 2 aromatic carbocycles. The highest BCUT2D eigenvalue weighted by Gasteiger charge is 2.18. The molecule has 0 unspecified atom stereocenters. The minimum Gasteiger partial charge on any atom is -0.481 e. The van der Waals surface area contributed by atoms with Gasteiger partial charge in [-0.1, -0.05) is 18.2 Å². The quantitative estimate of drug-likeness (QED) is 0.488. The van der Waals surface area contributed by atoms with E-state index in [2.05, 4.69) is 40.4 Å². The number of para-hydroxylation sites is 1. The molecule has 0 fully saturated rings. The number of rotatable bonds is 5. The van der Waals surface area contributed by atoms with Crippen molar-refractivity contribution in [3.8, 4) is 0 Å². The summed E-state index contributed by atoms with van der Waals surface area (Å²) in [5, 5.41) is 12.3. The van der Waals surface area contributed by atoms with E-state index in [1.165, 1.54) is 15.6 Å². The number of aliphatic carboxylic acids is 1. The first kappa shape index (κ1) is 18.0. The summed E-state index contributed by atoms with van der Waals surface area (Å²) in [7, 11) is 0. The molecule has 0 spiro atoms. The molecular weight excluding hydrogens is 428 g/mol. The molecule has 0 saturated heterocycles. The highest BCUT2D eigenvalue weighted by molar-refractivity contribution is 9.10. The standard InChI is InChI=1S/C20H17BrN2O3S/c1-12-4-2-7-16-18(12)13(11-27-16)10-23-15-6-3-5-14(21)19(15)22(20(23)26)9-8-17(24)25/h2-7,11H,8-10H2,1H3,(H,24,25). The van der Waals surface area contributed by atoms with E-state index in [-0.39, 0.29) is 18.7 Å². The molecule has 4 aromatic rings. The number of hydrogen-bond acceptors (Lipinski definition) is 3. The lowest BCUT2D eigenvalue weighted by molar-refractivity contribution is -0.137. The Labute approximate surface area is 167 Å². The first-order chi connectivity index (χ1) is 13.0. The van der Waals surface area contributed by atoms with E-state index in [1.54, 1.807) is 20.5 Å². The van der Waals surface area contributed by atoms with Gasteiger partial charge in [-0.2, -0.15) is 0 Å². The van der Waals surface area contributed by atoms with Crippen LogP contribution in [0.4, 0.5) is 0 Å². The molecular formula is C20H17BrN2O3S. The monoisotopic (exact) mass is 444 g/mol. The largest absolute Gasteiger partial charge is 0.481 e. The van der Waals surface area contributed by atoms with Crippen molar-refractivity contribution in [2.45, 2.75) is 26.4 Å². The maximum absolute atomic E-state index is 13.1. The van der Waals surface area contributed by atoms with Crippen LogP contribution in [0.25, 0.3) is 21.1 Å². The smallest absolute Gasteiger partial charge is 0.329 e. The van der Waals surface area contributed by atoms with Gasteiger partial charge in [0.1, 0.15) is 0 Å². The van der Waals surface area contributed by atoms with Crippen LogP contribution in [0.3, 0.4) is 0 Å². The third kappa shape index (κ3) is 3.11. The summed E-state index contributed by atoms with van der Waals surface area (Å²) in [5.74, 6) is -0.922. The molecule has 0 atom stereocenters. The highest BCUT2D eigenvalue weighted by atomic mass is 79.9.